The smallest absolute Gasteiger partial charge is 0.168 e. The topological polar surface area (TPSA) is 21.3 Å². The van der Waals surface area contributed by atoms with E-state index in [0.29, 0.717) is 11.1 Å². The molecule has 0 amide bonds. The summed E-state index contributed by atoms with van der Waals surface area (Å²) in [6, 6.07) is 9.37. The molecule has 1 unspecified atom stereocenters. The van der Waals surface area contributed by atoms with E-state index in [1.807, 2.05) is 6.92 Å². The van der Waals surface area contributed by atoms with Gasteiger partial charge in [0.25, 0.3) is 0 Å². The van der Waals surface area contributed by atoms with E-state index >= 15 is 0 Å². The molecule has 0 fully saturated rings. The van der Waals surface area contributed by atoms with E-state index in [-0.39, 0.29) is 17.5 Å². The molecule has 0 saturated heterocycles. The van der Waals surface area contributed by atoms with Gasteiger partial charge in [-0.05, 0) is 38.6 Å². The Balaban J connectivity index is 2.45. The third kappa shape index (κ3) is 2.80. The van der Waals surface area contributed by atoms with Crippen molar-refractivity contribution in [3.05, 3.63) is 59.2 Å². The maximum Gasteiger partial charge on any atom is 0.168 e. The Morgan fingerprint density at radius 1 is 1.10 bits per heavy atom. The summed E-state index contributed by atoms with van der Waals surface area (Å²) in [7, 11) is 1.77. The van der Waals surface area contributed by atoms with Crippen LogP contribution in [-0.4, -0.2) is 7.05 Å². The molecular formula is C16H17F2NO. The normalized spacial score (nSPS) is 12.2. The Morgan fingerprint density at radius 3 is 2.50 bits per heavy atom. The van der Waals surface area contributed by atoms with E-state index in [1.165, 1.54) is 12.1 Å². The van der Waals surface area contributed by atoms with Crippen molar-refractivity contribution in [2.75, 3.05) is 7.05 Å². The predicted molar refractivity (Wildman–Crippen MR) is 75.1 cm³/mol. The van der Waals surface area contributed by atoms with Gasteiger partial charge in [0.2, 0.25) is 0 Å². The molecule has 0 aliphatic carbocycles. The van der Waals surface area contributed by atoms with Crippen LogP contribution >= 0.6 is 0 Å². The lowest BCUT2D eigenvalue weighted by Crippen LogP contribution is -2.13. The quantitative estimate of drug-likeness (QED) is 0.897. The number of halogens is 2. The van der Waals surface area contributed by atoms with E-state index in [0.717, 1.165) is 0 Å². The summed E-state index contributed by atoms with van der Waals surface area (Å²) in [6.45, 7) is 3.52. The van der Waals surface area contributed by atoms with Gasteiger partial charge in [-0.25, -0.2) is 8.78 Å². The molecule has 2 aromatic carbocycles. The number of para-hydroxylation sites is 1. The van der Waals surface area contributed by atoms with Gasteiger partial charge < -0.3 is 10.1 Å². The minimum atomic E-state index is -0.509. The number of benzene rings is 2. The summed E-state index contributed by atoms with van der Waals surface area (Å²) in [6.07, 6.45) is 0. The highest BCUT2D eigenvalue weighted by Gasteiger charge is 2.17. The molecule has 106 valence electrons. The summed E-state index contributed by atoms with van der Waals surface area (Å²) in [5, 5.41) is 3.02. The van der Waals surface area contributed by atoms with Crippen molar-refractivity contribution in [2.45, 2.75) is 19.9 Å². The Hall–Kier alpha value is -1.94. The van der Waals surface area contributed by atoms with Crippen LogP contribution in [0.15, 0.2) is 36.4 Å². The average Bonchev–Trinajstić information content (AvgIpc) is 2.45. The van der Waals surface area contributed by atoms with Gasteiger partial charge in [0, 0.05) is 11.6 Å². The lowest BCUT2D eigenvalue weighted by Gasteiger charge is -2.17. The van der Waals surface area contributed by atoms with Gasteiger partial charge >= 0.3 is 0 Å². The van der Waals surface area contributed by atoms with Gasteiger partial charge in [-0.1, -0.05) is 24.3 Å². The lowest BCUT2D eigenvalue weighted by atomic mass is 10.1. The standard InChI is InChI=1S/C16H17F2NO/c1-10-6-4-9-14(15(10)18)20-16-12(11(2)19-3)7-5-8-13(16)17/h4-9,11,19H,1-3H3. The van der Waals surface area contributed by atoms with Crippen molar-refractivity contribution in [3.8, 4) is 11.5 Å². The first-order valence-electron chi connectivity index (χ1n) is 6.43. The molecule has 2 aromatic rings. The summed E-state index contributed by atoms with van der Waals surface area (Å²) < 4.78 is 33.4. The monoisotopic (exact) mass is 277 g/mol. The molecule has 2 nitrogen and oxygen atoms in total. The second-order valence-corrected chi connectivity index (χ2v) is 4.66. The van der Waals surface area contributed by atoms with E-state index in [2.05, 4.69) is 5.32 Å². The molecule has 2 rings (SSSR count). The molecule has 20 heavy (non-hydrogen) atoms. The molecule has 1 N–H and O–H groups in total. The molecular weight excluding hydrogens is 260 g/mol. The Labute approximate surface area is 117 Å². The highest BCUT2D eigenvalue weighted by molar-refractivity contribution is 5.42. The molecule has 0 spiro atoms. The van der Waals surface area contributed by atoms with Gasteiger partial charge in [-0.15, -0.1) is 0 Å². The van der Waals surface area contributed by atoms with Gasteiger partial charge in [-0.3, -0.25) is 0 Å². The van der Waals surface area contributed by atoms with Crippen molar-refractivity contribution < 1.29 is 13.5 Å². The molecule has 0 aliphatic heterocycles. The summed E-state index contributed by atoms with van der Waals surface area (Å²) in [5.41, 5.74) is 1.11. The van der Waals surface area contributed by atoms with Crippen molar-refractivity contribution in [1.82, 2.24) is 5.32 Å². The van der Waals surface area contributed by atoms with Crippen molar-refractivity contribution >= 4 is 0 Å². The van der Waals surface area contributed by atoms with Crippen LogP contribution in [0.3, 0.4) is 0 Å². The zero-order valence-electron chi connectivity index (χ0n) is 11.7. The fourth-order valence-corrected chi connectivity index (χ4v) is 1.94. The second kappa shape index (κ2) is 6.01. The van der Waals surface area contributed by atoms with Crippen LogP contribution in [0.4, 0.5) is 8.78 Å². The second-order valence-electron chi connectivity index (χ2n) is 4.66. The maximum absolute atomic E-state index is 14.0. The number of hydrogen-bond donors (Lipinski definition) is 1. The number of rotatable bonds is 4. The molecule has 0 bridgehead atoms. The first kappa shape index (κ1) is 14.5. The predicted octanol–water partition coefficient (Wildman–Crippen LogP) is 4.35. The fraction of sp³-hybridized carbons (Fsp3) is 0.250. The van der Waals surface area contributed by atoms with Crippen LogP contribution < -0.4 is 10.1 Å². The Bertz CT molecular complexity index is 613. The maximum atomic E-state index is 14.0. The van der Waals surface area contributed by atoms with Crippen LogP contribution in [0, 0.1) is 18.6 Å². The molecule has 0 aliphatic rings. The van der Waals surface area contributed by atoms with Crippen molar-refractivity contribution in [2.24, 2.45) is 0 Å². The van der Waals surface area contributed by atoms with Crippen LogP contribution in [0.5, 0.6) is 11.5 Å². The number of ether oxygens (including phenoxy) is 1. The Morgan fingerprint density at radius 2 is 1.80 bits per heavy atom. The molecule has 1 atom stereocenters. The molecule has 0 aromatic heterocycles. The van der Waals surface area contributed by atoms with E-state index in [1.54, 1.807) is 38.2 Å². The zero-order valence-corrected chi connectivity index (χ0v) is 11.7. The van der Waals surface area contributed by atoms with Gasteiger partial charge in [0.15, 0.2) is 23.1 Å². The van der Waals surface area contributed by atoms with Crippen LogP contribution in [0.2, 0.25) is 0 Å². The zero-order chi connectivity index (χ0) is 14.7. The summed E-state index contributed by atoms with van der Waals surface area (Å²) >= 11 is 0. The van der Waals surface area contributed by atoms with Crippen molar-refractivity contribution in [1.29, 1.82) is 0 Å². The van der Waals surface area contributed by atoms with Crippen LogP contribution in [0.25, 0.3) is 0 Å². The Kier molecular flexibility index (Phi) is 4.35. The largest absolute Gasteiger partial charge is 0.451 e. The first-order chi connectivity index (χ1) is 9.54. The fourth-order valence-electron chi connectivity index (χ4n) is 1.94. The third-order valence-corrected chi connectivity index (χ3v) is 3.27. The number of nitrogens with one attached hydrogen (secondary N) is 1. The number of aryl methyl sites for hydroxylation is 1. The van der Waals surface area contributed by atoms with Gasteiger partial charge in [0.1, 0.15) is 0 Å². The highest BCUT2D eigenvalue weighted by atomic mass is 19.1. The molecule has 4 heteroatoms. The third-order valence-electron chi connectivity index (χ3n) is 3.27. The lowest BCUT2D eigenvalue weighted by molar-refractivity contribution is 0.403. The molecule has 0 radical (unpaired) electrons. The molecule has 0 heterocycles. The van der Waals surface area contributed by atoms with Gasteiger partial charge in [-0.2, -0.15) is 0 Å². The first-order valence-corrected chi connectivity index (χ1v) is 6.43. The summed E-state index contributed by atoms with van der Waals surface area (Å²) in [5.74, 6) is -0.900. The highest BCUT2D eigenvalue weighted by Crippen LogP contribution is 2.33. The van der Waals surface area contributed by atoms with E-state index in [4.69, 9.17) is 4.74 Å². The van der Waals surface area contributed by atoms with Crippen molar-refractivity contribution in [3.63, 3.8) is 0 Å². The number of hydrogen-bond acceptors (Lipinski definition) is 2. The van der Waals surface area contributed by atoms with Gasteiger partial charge in [0.05, 0.1) is 0 Å². The summed E-state index contributed by atoms with van der Waals surface area (Å²) in [4.78, 5) is 0. The minimum absolute atomic E-state index is 0.0275. The average molecular weight is 277 g/mol. The van der Waals surface area contributed by atoms with E-state index in [9.17, 15) is 8.78 Å². The minimum Gasteiger partial charge on any atom is -0.451 e. The SMILES string of the molecule is CNC(C)c1cccc(F)c1Oc1cccc(C)c1F. The van der Waals surface area contributed by atoms with Crippen LogP contribution in [-0.2, 0) is 0 Å². The van der Waals surface area contributed by atoms with E-state index < -0.39 is 11.6 Å². The molecule has 0 saturated carbocycles. The van der Waals surface area contributed by atoms with Crippen LogP contribution in [0.1, 0.15) is 24.1 Å².